The number of hydrogen-bond donors (Lipinski definition) is 1. The Morgan fingerprint density at radius 1 is 1.50 bits per heavy atom. The number of hydrogen-bond acceptors (Lipinski definition) is 4. The number of carbonyl (C=O) groups is 1. The number of rotatable bonds is 4. The fraction of sp³-hybridized carbons (Fsp3) is 0.615. The fourth-order valence-corrected chi connectivity index (χ4v) is 2.27. The Kier molecular flexibility index (Phi) is 4.64. The summed E-state index contributed by atoms with van der Waals surface area (Å²) in [5.41, 5.74) is 0. The van der Waals surface area contributed by atoms with Gasteiger partial charge in [0.1, 0.15) is 6.61 Å². The lowest BCUT2D eigenvalue weighted by Crippen LogP contribution is -2.27. The molecule has 1 aliphatic rings. The summed E-state index contributed by atoms with van der Waals surface area (Å²) in [7, 11) is 0. The molecule has 1 fully saturated rings. The third kappa shape index (κ3) is 4.07. The third-order valence-corrected chi connectivity index (χ3v) is 3.17. The smallest absolute Gasteiger partial charge is 0.251 e. The number of anilines is 1. The number of nitrogens with zero attached hydrogens (tertiary/aromatic N) is 2. The van der Waals surface area contributed by atoms with E-state index in [0.717, 1.165) is 12.8 Å². The Labute approximate surface area is 107 Å². The molecule has 0 spiro atoms. The van der Waals surface area contributed by atoms with E-state index in [0.29, 0.717) is 11.7 Å². The molecule has 2 rings (SSSR count). The summed E-state index contributed by atoms with van der Waals surface area (Å²) in [6.45, 7) is 2.32. The van der Waals surface area contributed by atoms with Crippen LogP contribution < -0.4 is 5.32 Å². The summed E-state index contributed by atoms with van der Waals surface area (Å²) < 4.78 is 5.63. The van der Waals surface area contributed by atoms with Gasteiger partial charge in [-0.3, -0.25) is 9.78 Å². The molecule has 1 aromatic rings. The van der Waals surface area contributed by atoms with E-state index < -0.39 is 0 Å². The van der Waals surface area contributed by atoms with Crippen LogP contribution in [0.1, 0.15) is 32.6 Å². The minimum Gasteiger partial charge on any atom is -0.368 e. The average Bonchev–Trinajstić information content (AvgIpc) is 2.38. The maximum atomic E-state index is 11.6. The van der Waals surface area contributed by atoms with Crippen LogP contribution in [0.5, 0.6) is 0 Å². The topological polar surface area (TPSA) is 64.1 Å². The number of ether oxygens (including phenoxy) is 1. The molecule has 0 aromatic carbocycles. The van der Waals surface area contributed by atoms with Crippen LogP contribution in [0.15, 0.2) is 18.6 Å². The van der Waals surface area contributed by atoms with Gasteiger partial charge in [0, 0.05) is 12.4 Å². The predicted octanol–water partition coefficient (Wildman–Crippen LogP) is 2.01. The maximum Gasteiger partial charge on any atom is 0.251 e. The van der Waals surface area contributed by atoms with E-state index in [4.69, 9.17) is 4.74 Å². The van der Waals surface area contributed by atoms with E-state index in [1.165, 1.54) is 19.0 Å². The standard InChI is InChI=1S/C13H19N3O2/c1-10-3-2-4-11(7-10)18-9-13(17)16-12-8-14-5-6-15-12/h5-6,8,10-11H,2-4,7,9H2,1H3,(H,15,16,17)/t10-,11-/m1/s1. The van der Waals surface area contributed by atoms with Crippen molar-refractivity contribution >= 4 is 11.7 Å². The van der Waals surface area contributed by atoms with Gasteiger partial charge in [-0.15, -0.1) is 0 Å². The molecule has 1 aliphatic carbocycles. The lowest BCUT2D eigenvalue weighted by molar-refractivity contribution is -0.123. The largest absolute Gasteiger partial charge is 0.368 e. The zero-order chi connectivity index (χ0) is 12.8. The molecular weight excluding hydrogens is 230 g/mol. The molecule has 1 heterocycles. The van der Waals surface area contributed by atoms with E-state index in [-0.39, 0.29) is 18.6 Å². The van der Waals surface area contributed by atoms with Crippen molar-refractivity contribution in [1.82, 2.24) is 9.97 Å². The molecule has 0 radical (unpaired) electrons. The van der Waals surface area contributed by atoms with E-state index in [1.807, 2.05) is 0 Å². The van der Waals surface area contributed by atoms with Crippen LogP contribution in [-0.4, -0.2) is 28.6 Å². The van der Waals surface area contributed by atoms with Crippen LogP contribution in [0.2, 0.25) is 0 Å². The Balaban J connectivity index is 1.71. The van der Waals surface area contributed by atoms with Crippen molar-refractivity contribution in [1.29, 1.82) is 0 Å². The van der Waals surface area contributed by atoms with Crippen LogP contribution >= 0.6 is 0 Å². The van der Waals surface area contributed by atoms with E-state index in [1.54, 1.807) is 12.4 Å². The Hall–Kier alpha value is -1.49. The molecular formula is C13H19N3O2. The van der Waals surface area contributed by atoms with E-state index in [2.05, 4.69) is 22.2 Å². The Bertz CT molecular complexity index is 383. The highest BCUT2D eigenvalue weighted by atomic mass is 16.5. The summed E-state index contributed by atoms with van der Waals surface area (Å²) in [5.74, 6) is 0.989. The number of amides is 1. The summed E-state index contributed by atoms with van der Waals surface area (Å²) in [6, 6.07) is 0. The number of carbonyl (C=O) groups excluding carboxylic acids is 1. The molecule has 1 aromatic heterocycles. The molecule has 5 nitrogen and oxygen atoms in total. The summed E-state index contributed by atoms with van der Waals surface area (Å²) in [5, 5.41) is 2.66. The lowest BCUT2D eigenvalue weighted by atomic mass is 9.89. The van der Waals surface area contributed by atoms with Crippen LogP contribution in [-0.2, 0) is 9.53 Å². The molecule has 2 atom stereocenters. The molecule has 0 unspecified atom stereocenters. The van der Waals surface area contributed by atoms with Crippen LogP contribution in [0.4, 0.5) is 5.82 Å². The van der Waals surface area contributed by atoms with Gasteiger partial charge in [-0.05, 0) is 18.8 Å². The quantitative estimate of drug-likeness (QED) is 0.886. The second kappa shape index (κ2) is 6.44. The summed E-state index contributed by atoms with van der Waals surface area (Å²) >= 11 is 0. The normalized spacial score (nSPS) is 23.6. The number of aromatic nitrogens is 2. The molecule has 1 saturated carbocycles. The maximum absolute atomic E-state index is 11.6. The van der Waals surface area contributed by atoms with Crippen molar-refractivity contribution < 1.29 is 9.53 Å². The molecule has 1 N–H and O–H groups in total. The zero-order valence-electron chi connectivity index (χ0n) is 10.6. The van der Waals surface area contributed by atoms with Gasteiger partial charge in [-0.25, -0.2) is 4.98 Å². The van der Waals surface area contributed by atoms with Gasteiger partial charge in [0.25, 0.3) is 5.91 Å². The van der Waals surface area contributed by atoms with Crippen molar-refractivity contribution in [3.8, 4) is 0 Å². The third-order valence-electron chi connectivity index (χ3n) is 3.17. The van der Waals surface area contributed by atoms with Gasteiger partial charge in [-0.2, -0.15) is 0 Å². The molecule has 18 heavy (non-hydrogen) atoms. The number of nitrogens with one attached hydrogen (secondary N) is 1. The highest BCUT2D eigenvalue weighted by Crippen LogP contribution is 2.25. The van der Waals surface area contributed by atoms with Crippen molar-refractivity contribution in [3.05, 3.63) is 18.6 Å². The minimum absolute atomic E-state index is 0.0912. The summed E-state index contributed by atoms with van der Waals surface area (Å²) in [4.78, 5) is 19.5. The monoisotopic (exact) mass is 249 g/mol. The van der Waals surface area contributed by atoms with Crippen molar-refractivity contribution in [2.45, 2.75) is 38.7 Å². The molecule has 0 bridgehead atoms. The second-order valence-corrected chi connectivity index (χ2v) is 4.84. The van der Waals surface area contributed by atoms with Gasteiger partial charge >= 0.3 is 0 Å². The molecule has 0 saturated heterocycles. The molecule has 5 heteroatoms. The summed E-state index contributed by atoms with van der Waals surface area (Å²) in [6.07, 6.45) is 9.42. The van der Waals surface area contributed by atoms with Gasteiger partial charge < -0.3 is 10.1 Å². The zero-order valence-corrected chi connectivity index (χ0v) is 10.6. The van der Waals surface area contributed by atoms with Crippen LogP contribution in [0, 0.1) is 5.92 Å². The first-order valence-corrected chi connectivity index (χ1v) is 6.41. The van der Waals surface area contributed by atoms with E-state index >= 15 is 0 Å². The first kappa shape index (κ1) is 13.0. The highest BCUT2D eigenvalue weighted by Gasteiger charge is 2.20. The molecule has 1 amide bonds. The van der Waals surface area contributed by atoms with Gasteiger partial charge in [0.2, 0.25) is 0 Å². The first-order chi connectivity index (χ1) is 8.74. The van der Waals surface area contributed by atoms with Gasteiger partial charge in [0.05, 0.1) is 12.3 Å². The van der Waals surface area contributed by atoms with Crippen molar-refractivity contribution in [2.75, 3.05) is 11.9 Å². The van der Waals surface area contributed by atoms with E-state index in [9.17, 15) is 4.79 Å². The Morgan fingerprint density at radius 2 is 2.39 bits per heavy atom. The fourth-order valence-electron chi connectivity index (χ4n) is 2.27. The lowest BCUT2D eigenvalue weighted by Gasteiger charge is -2.26. The van der Waals surface area contributed by atoms with Gasteiger partial charge in [-0.1, -0.05) is 19.8 Å². The Morgan fingerprint density at radius 3 is 3.11 bits per heavy atom. The first-order valence-electron chi connectivity index (χ1n) is 6.41. The van der Waals surface area contributed by atoms with Crippen LogP contribution in [0.25, 0.3) is 0 Å². The second-order valence-electron chi connectivity index (χ2n) is 4.84. The van der Waals surface area contributed by atoms with Crippen LogP contribution in [0.3, 0.4) is 0 Å². The highest BCUT2D eigenvalue weighted by molar-refractivity contribution is 5.90. The van der Waals surface area contributed by atoms with Crippen molar-refractivity contribution in [2.24, 2.45) is 5.92 Å². The molecule has 0 aliphatic heterocycles. The SMILES string of the molecule is C[C@@H]1CCC[C@@H](OCC(=O)Nc2cnccn2)C1. The minimum atomic E-state index is -0.172. The molecule has 98 valence electrons. The predicted molar refractivity (Wildman–Crippen MR) is 68.0 cm³/mol. The average molecular weight is 249 g/mol. The van der Waals surface area contributed by atoms with Crippen molar-refractivity contribution in [3.63, 3.8) is 0 Å². The van der Waals surface area contributed by atoms with Gasteiger partial charge in [0.15, 0.2) is 5.82 Å².